The Morgan fingerprint density at radius 1 is 0.913 bits per heavy atom. The fraction of sp³-hybridized carbons (Fsp3) is 0.206. The monoisotopic (exact) mass is 650 g/mol. The van der Waals surface area contributed by atoms with Crippen LogP contribution in [0.2, 0.25) is 5.02 Å². The first-order chi connectivity index (χ1) is 22.2. The van der Waals surface area contributed by atoms with E-state index in [0.717, 1.165) is 0 Å². The number of allylic oxidation sites excluding steroid dienone is 1. The van der Waals surface area contributed by atoms with Gasteiger partial charge in [0.15, 0.2) is 11.3 Å². The summed E-state index contributed by atoms with van der Waals surface area (Å²) in [5.74, 6) is -0.434. The van der Waals surface area contributed by atoms with E-state index in [1.807, 2.05) is 4.90 Å². The second-order valence-electron chi connectivity index (χ2n) is 11.6. The lowest BCUT2D eigenvalue weighted by Gasteiger charge is -2.35. The Balaban J connectivity index is 1.29. The Morgan fingerprint density at radius 2 is 1.46 bits per heavy atom. The number of carbonyl (C=O) groups is 2. The Kier molecular flexibility index (Phi) is 7.24. The molecule has 4 heterocycles. The first-order valence-corrected chi connectivity index (χ1v) is 16.4. The maximum absolute atomic E-state index is 15.0. The van der Waals surface area contributed by atoms with Crippen LogP contribution in [-0.2, 0) is 20.4 Å². The van der Waals surface area contributed by atoms with Gasteiger partial charge in [0, 0.05) is 79.5 Å². The quantitative estimate of drug-likeness (QED) is 0.216. The standard InChI is InChI=1S/C34H27ClN6O4S/c1-39-31(18-30(42)23-4-2-22(19-36)3-5-23)41(33(43)34(39,24-10-14-37-15-11-24)25-12-16-38-17-13-25)32-28-20-40(21-29(28)32)46(44,45)27-8-6-26(35)7-9-27/h2-18,28-29,32H,20-21H2,1H3/t28-,29+,32?. The molecule has 0 N–H and O–H groups in total. The normalized spacial score (nSPS) is 22.9. The van der Waals surface area contributed by atoms with Gasteiger partial charge in [0.1, 0.15) is 5.82 Å². The number of nitrogens with zero attached hydrogens (tertiary/aromatic N) is 6. The van der Waals surface area contributed by atoms with Crippen LogP contribution in [0.15, 0.2) is 114 Å². The van der Waals surface area contributed by atoms with Crippen LogP contribution in [-0.4, -0.2) is 70.4 Å². The molecule has 1 aliphatic carbocycles. The third kappa shape index (κ3) is 4.60. The van der Waals surface area contributed by atoms with Crippen LogP contribution < -0.4 is 0 Å². The smallest absolute Gasteiger partial charge is 0.263 e. The lowest BCUT2D eigenvalue weighted by Crippen LogP contribution is -2.46. The summed E-state index contributed by atoms with van der Waals surface area (Å²) in [5, 5.41) is 9.65. The largest absolute Gasteiger partial charge is 0.339 e. The van der Waals surface area contributed by atoms with Gasteiger partial charge in [0.05, 0.1) is 16.5 Å². The number of sulfonamides is 1. The van der Waals surface area contributed by atoms with Crippen molar-refractivity contribution in [3.8, 4) is 6.07 Å². The lowest BCUT2D eigenvalue weighted by molar-refractivity contribution is -0.132. The number of nitriles is 1. The van der Waals surface area contributed by atoms with Crippen LogP contribution in [0.25, 0.3) is 0 Å². The van der Waals surface area contributed by atoms with Gasteiger partial charge in [-0.1, -0.05) is 11.6 Å². The van der Waals surface area contributed by atoms with Crippen LogP contribution in [0.1, 0.15) is 27.0 Å². The molecule has 7 rings (SSSR count). The molecule has 2 saturated heterocycles. The molecular weight excluding hydrogens is 624 g/mol. The second kappa shape index (κ2) is 11.2. The van der Waals surface area contributed by atoms with Gasteiger partial charge in [0.25, 0.3) is 5.91 Å². The van der Waals surface area contributed by atoms with E-state index < -0.39 is 15.6 Å². The number of likely N-dealkylation sites (N-methyl/N-ethyl adjacent to an activating group) is 1. The van der Waals surface area contributed by atoms with Crippen molar-refractivity contribution in [2.45, 2.75) is 16.5 Å². The maximum atomic E-state index is 15.0. The summed E-state index contributed by atoms with van der Waals surface area (Å²) in [5.41, 5.74) is 0.789. The molecule has 12 heteroatoms. The van der Waals surface area contributed by atoms with Gasteiger partial charge in [0.2, 0.25) is 10.0 Å². The van der Waals surface area contributed by atoms with Crippen molar-refractivity contribution in [1.82, 2.24) is 24.1 Å². The molecule has 3 fully saturated rings. The van der Waals surface area contributed by atoms with E-state index in [4.69, 9.17) is 11.6 Å². The van der Waals surface area contributed by atoms with E-state index >= 15 is 4.79 Å². The fourth-order valence-corrected chi connectivity index (χ4v) is 8.54. The van der Waals surface area contributed by atoms with Gasteiger partial charge in [-0.25, -0.2) is 8.42 Å². The Hall–Kier alpha value is -4.89. The number of piperidine rings is 1. The molecule has 1 unspecified atom stereocenters. The highest BCUT2D eigenvalue weighted by atomic mass is 35.5. The number of carbonyl (C=O) groups excluding carboxylic acids is 2. The Morgan fingerprint density at radius 3 is 1.98 bits per heavy atom. The van der Waals surface area contributed by atoms with Crippen LogP contribution in [0, 0.1) is 23.2 Å². The average molecular weight is 651 g/mol. The van der Waals surface area contributed by atoms with Gasteiger partial charge >= 0.3 is 0 Å². The molecule has 4 aromatic rings. The van der Waals surface area contributed by atoms with E-state index in [1.54, 1.807) is 97.4 Å². The predicted molar refractivity (Wildman–Crippen MR) is 168 cm³/mol. The highest BCUT2D eigenvalue weighted by Crippen LogP contribution is 2.56. The van der Waals surface area contributed by atoms with E-state index in [-0.39, 0.29) is 47.6 Å². The predicted octanol–water partition coefficient (Wildman–Crippen LogP) is 4.06. The van der Waals surface area contributed by atoms with E-state index in [2.05, 4.69) is 16.0 Å². The first-order valence-electron chi connectivity index (χ1n) is 14.6. The van der Waals surface area contributed by atoms with Crippen LogP contribution in [0.4, 0.5) is 0 Å². The van der Waals surface area contributed by atoms with Crippen LogP contribution in [0.3, 0.4) is 0 Å². The number of rotatable bonds is 7. The van der Waals surface area contributed by atoms with Gasteiger partial charge in [-0.15, -0.1) is 0 Å². The lowest BCUT2D eigenvalue weighted by atomic mass is 9.82. The molecule has 3 aliphatic rings. The zero-order valence-electron chi connectivity index (χ0n) is 24.6. The van der Waals surface area contributed by atoms with E-state index in [0.29, 0.717) is 33.1 Å². The number of hydrogen-bond donors (Lipinski definition) is 0. The summed E-state index contributed by atoms with van der Waals surface area (Å²) in [6.45, 7) is 0.476. The first kappa shape index (κ1) is 29.8. The topological polar surface area (TPSA) is 128 Å². The Labute approximate surface area is 271 Å². The molecule has 46 heavy (non-hydrogen) atoms. The molecule has 1 amide bonds. The van der Waals surface area contributed by atoms with Crippen molar-refractivity contribution >= 4 is 33.3 Å². The average Bonchev–Trinajstić information content (AvgIpc) is 3.43. The van der Waals surface area contributed by atoms with Crippen molar-refractivity contribution in [2.24, 2.45) is 11.8 Å². The van der Waals surface area contributed by atoms with Crippen molar-refractivity contribution in [1.29, 1.82) is 5.26 Å². The number of hydrogen-bond acceptors (Lipinski definition) is 8. The van der Waals surface area contributed by atoms with Crippen molar-refractivity contribution in [2.75, 3.05) is 20.1 Å². The summed E-state index contributed by atoms with van der Waals surface area (Å²) >= 11 is 5.98. The highest BCUT2D eigenvalue weighted by molar-refractivity contribution is 7.89. The zero-order valence-corrected chi connectivity index (χ0v) is 26.1. The number of ketones is 1. The van der Waals surface area contributed by atoms with Gasteiger partial charge in [-0.3, -0.25) is 24.5 Å². The minimum atomic E-state index is -3.76. The number of benzene rings is 2. The second-order valence-corrected chi connectivity index (χ2v) is 13.9. The summed E-state index contributed by atoms with van der Waals surface area (Å²) in [6, 6.07) is 21.3. The summed E-state index contributed by atoms with van der Waals surface area (Å²) in [4.78, 5) is 40.7. The summed E-state index contributed by atoms with van der Waals surface area (Å²) in [7, 11) is -1.97. The SMILES string of the molecule is CN1C(=CC(=O)c2ccc(C#N)cc2)N(C2[C@H]3CN(S(=O)(=O)c4ccc(Cl)cc4)C[C@@H]23)C(=O)C1(c1ccncc1)c1ccncc1. The number of fused-ring (bicyclic) bond motifs is 1. The summed E-state index contributed by atoms with van der Waals surface area (Å²) < 4.78 is 28.4. The molecule has 0 spiro atoms. The number of aromatic nitrogens is 2. The molecule has 0 bridgehead atoms. The Bertz CT molecular complexity index is 1960. The van der Waals surface area contributed by atoms with Crippen LogP contribution in [0.5, 0.6) is 0 Å². The van der Waals surface area contributed by atoms with Crippen LogP contribution >= 0.6 is 11.6 Å². The van der Waals surface area contributed by atoms with Crippen molar-refractivity contribution in [3.63, 3.8) is 0 Å². The number of halogens is 1. The molecule has 0 radical (unpaired) electrons. The van der Waals surface area contributed by atoms with Crippen molar-refractivity contribution in [3.05, 3.63) is 137 Å². The molecule has 3 atom stereocenters. The third-order valence-corrected chi connectivity index (χ3v) is 11.3. The minimum Gasteiger partial charge on any atom is -0.339 e. The fourth-order valence-electron chi connectivity index (χ4n) is 6.90. The molecular formula is C34H27ClN6O4S. The van der Waals surface area contributed by atoms with Gasteiger partial charge < -0.3 is 4.90 Å². The molecule has 230 valence electrons. The molecule has 2 aromatic carbocycles. The van der Waals surface area contributed by atoms with Crippen molar-refractivity contribution < 1.29 is 18.0 Å². The number of pyridine rings is 2. The van der Waals surface area contributed by atoms with Gasteiger partial charge in [-0.05, 0) is 83.9 Å². The molecule has 2 aliphatic heterocycles. The van der Waals surface area contributed by atoms with E-state index in [1.165, 1.54) is 22.5 Å². The number of amides is 1. The highest BCUT2D eigenvalue weighted by Gasteiger charge is 2.67. The summed E-state index contributed by atoms with van der Waals surface area (Å²) in [6.07, 6.45) is 7.95. The van der Waals surface area contributed by atoms with E-state index in [9.17, 15) is 18.5 Å². The zero-order chi connectivity index (χ0) is 32.2. The minimum absolute atomic E-state index is 0.126. The maximum Gasteiger partial charge on any atom is 0.263 e. The molecule has 2 aromatic heterocycles. The molecule has 1 saturated carbocycles. The molecule has 10 nitrogen and oxygen atoms in total. The third-order valence-electron chi connectivity index (χ3n) is 9.24. The van der Waals surface area contributed by atoms with Gasteiger partial charge in [-0.2, -0.15) is 9.57 Å².